The summed E-state index contributed by atoms with van der Waals surface area (Å²) in [4.78, 5) is 0. The predicted octanol–water partition coefficient (Wildman–Crippen LogP) is 6.87. The first-order valence-corrected chi connectivity index (χ1v) is 9.13. The highest BCUT2D eigenvalue weighted by molar-refractivity contribution is 6.06. The molecule has 1 unspecified atom stereocenters. The average Bonchev–Trinajstić information content (AvgIpc) is 2.92. The summed E-state index contributed by atoms with van der Waals surface area (Å²) in [6.45, 7) is 6.68. The predicted molar refractivity (Wildman–Crippen MR) is 113 cm³/mol. The second-order valence-electron chi connectivity index (χ2n) is 7.11. The van der Waals surface area contributed by atoms with Crippen molar-refractivity contribution in [1.82, 2.24) is 0 Å². The number of nitrogens with one attached hydrogen (secondary N) is 1. The Kier molecular flexibility index (Phi) is 4.08. The van der Waals surface area contributed by atoms with Crippen LogP contribution in [0.5, 0.6) is 0 Å². The molecule has 1 heteroatoms. The molecule has 1 aliphatic rings. The van der Waals surface area contributed by atoms with Crippen molar-refractivity contribution in [1.29, 1.82) is 5.41 Å². The van der Waals surface area contributed by atoms with Crippen LogP contribution in [0, 0.1) is 11.3 Å². The number of hydrogen-bond acceptors (Lipinski definition) is 1. The normalized spacial score (nSPS) is 16.9. The van der Waals surface area contributed by atoms with Crippen LogP contribution in [0.2, 0.25) is 0 Å². The molecule has 1 nitrogen and oxygen atoms in total. The van der Waals surface area contributed by atoms with Gasteiger partial charge in [0.05, 0.1) is 0 Å². The van der Waals surface area contributed by atoms with Gasteiger partial charge in [0.2, 0.25) is 0 Å². The molecule has 0 saturated carbocycles. The van der Waals surface area contributed by atoms with Crippen molar-refractivity contribution in [2.75, 3.05) is 0 Å². The minimum absolute atomic E-state index is 0.417. The van der Waals surface area contributed by atoms with Crippen LogP contribution in [0.1, 0.15) is 31.9 Å². The fourth-order valence-corrected chi connectivity index (χ4v) is 4.22. The Balaban J connectivity index is 2.00. The second-order valence-corrected chi connectivity index (χ2v) is 7.11. The molecule has 1 N–H and O–H groups in total. The zero-order chi connectivity index (χ0) is 18.3. The van der Waals surface area contributed by atoms with E-state index in [1.165, 1.54) is 39.4 Å². The van der Waals surface area contributed by atoms with E-state index in [0.29, 0.717) is 5.92 Å². The summed E-state index contributed by atoms with van der Waals surface area (Å²) in [7, 11) is 0. The van der Waals surface area contributed by atoms with Crippen LogP contribution in [-0.2, 0) is 0 Å². The molecule has 0 radical (unpaired) electrons. The quantitative estimate of drug-likeness (QED) is 0.504. The van der Waals surface area contributed by atoms with E-state index in [-0.39, 0.29) is 0 Å². The summed E-state index contributed by atoms with van der Waals surface area (Å²) < 4.78 is 0. The smallest absolute Gasteiger partial charge is 0.0262 e. The number of fused-ring (bicyclic) bond motifs is 1. The van der Waals surface area contributed by atoms with Gasteiger partial charge in [-0.3, -0.25) is 0 Å². The Morgan fingerprint density at radius 1 is 0.808 bits per heavy atom. The highest BCUT2D eigenvalue weighted by Gasteiger charge is 2.22. The van der Waals surface area contributed by atoms with E-state index in [4.69, 9.17) is 5.41 Å². The van der Waals surface area contributed by atoms with Crippen LogP contribution in [0.15, 0.2) is 77.9 Å². The molecule has 0 spiro atoms. The van der Waals surface area contributed by atoms with Crippen molar-refractivity contribution in [2.24, 2.45) is 5.92 Å². The minimum atomic E-state index is 0.417. The van der Waals surface area contributed by atoms with Crippen molar-refractivity contribution in [3.8, 4) is 11.1 Å². The summed E-state index contributed by atoms with van der Waals surface area (Å²) in [5, 5.41) is 10.4. The van der Waals surface area contributed by atoms with Crippen molar-refractivity contribution < 1.29 is 0 Å². The van der Waals surface area contributed by atoms with Gasteiger partial charge in [-0.05, 0) is 52.5 Å². The van der Waals surface area contributed by atoms with E-state index >= 15 is 0 Å². The van der Waals surface area contributed by atoms with E-state index in [2.05, 4.69) is 75.4 Å². The van der Waals surface area contributed by atoms with Crippen LogP contribution in [-0.4, -0.2) is 6.21 Å². The summed E-state index contributed by atoms with van der Waals surface area (Å²) in [5.41, 5.74) is 8.76. The molecule has 0 heterocycles. The van der Waals surface area contributed by atoms with Crippen LogP contribution < -0.4 is 0 Å². The molecule has 26 heavy (non-hydrogen) atoms. The minimum Gasteiger partial charge on any atom is -0.308 e. The standard InChI is InChI=1S/C25H23N/c1-16-14-17(2)25(18(16)3)23-11-7-6-10-21(23)22-13-12-19-8-4-5-9-20(19)24(22)15-26/h4-15,17,26H,1-3H3. The van der Waals surface area contributed by atoms with E-state index in [1.807, 2.05) is 12.1 Å². The zero-order valence-corrected chi connectivity index (χ0v) is 15.5. The molecule has 1 atom stereocenters. The summed E-state index contributed by atoms with van der Waals surface area (Å²) in [6.07, 6.45) is 3.84. The maximum atomic E-state index is 8.06. The van der Waals surface area contributed by atoms with Gasteiger partial charge in [0.25, 0.3) is 0 Å². The van der Waals surface area contributed by atoms with Gasteiger partial charge >= 0.3 is 0 Å². The van der Waals surface area contributed by atoms with Gasteiger partial charge in [-0.2, -0.15) is 0 Å². The molecule has 0 fully saturated rings. The molecule has 3 aromatic carbocycles. The van der Waals surface area contributed by atoms with Crippen molar-refractivity contribution in [2.45, 2.75) is 20.8 Å². The first-order chi connectivity index (χ1) is 12.6. The maximum Gasteiger partial charge on any atom is 0.0262 e. The Morgan fingerprint density at radius 3 is 2.19 bits per heavy atom. The van der Waals surface area contributed by atoms with Gasteiger partial charge in [0.15, 0.2) is 0 Å². The lowest BCUT2D eigenvalue weighted by molar-refractivity contribution is 0.976. The monoisotopic (exact) mass is 337 g/mol. The third-order valence-electron chi connectivity index (χ3n) is 5.57. The van der Waals surface area contributed by atoms with Crippen molar-refractivity contribution >= 4 is 22.6 Å². The van der Waals surface area contributed by atoms with Gasteiger partial charge in [0, 0.05) is 17.7 Å². The zero-order valence-electron chi connectivity index (χ0n) is 15.5. The van der Waals surface area contributed by atoms with E-state index < -0.39 is 0 Å². The van der Waals surface area contributed by atoms with E-state index in [1.54, 1.807) is 0 Å². The van der Waals surface area contributed by atoms with Crippen molar-refractivity contribution in [3.05, 3.63) is 89.0 Å². The molecule has 128 valence electrons. The number of rotatable bonds is 3. The Hall–Kier alpha value is -2.93. The molecule has 3 aromatic rings. The third-order valence-corrected chi connectivity index (χ3v) is 5.57. The van der Waals surface area contributed by atoms with Gasteiger partial charge in [-0.25, -0.2) is 0 Å². The average molecular weight is 337 g/mol. The van der Waals surface area contributed by atoms with Crippen LogP contribution in [0.4, 0.5) is 0 Å². The fraction of sp³-hybridized carbons (Fsp3) is 0.160. The molecule has 4 rings (SSSR count). The fourth-order valence-electron chi connectivity index (χ4n) is 4.22. The van der Waals surface area contributed by atoms with Gasteiger partial charge in [-0.1, -0.05) is 79.2 Å². The molecule has 0 amide bonds. The Bertz CT molecular complexity index is 1080. The third kappa shape index (κ3) is 2.52. The summed E-state index contributed by atoms with van der Waals surface area (Å²) in [5.74, 6) is 0.417. The lowest BCUT2D eigenvalue weighted by atomic mass is 9.86. The Morgan fingerprint density at radius 2 is 1.50 bits per heavy atom. The first-order valence-electron chi connectivity index (χ1n) is 9.13. The lowest BCUT2D eigenvalue weighted by Crippen LogP contribution is -1.98. The number of benzene rings is 3. The molecule has 0 aromatic heterocycles. The number of hydrogen-bond donors (Lipinski definition) is 1. The maximum absolute atomic E-state index is 8.06. The first kappa shape index (κ1) is 16.5. The molecule has 0 aliphatic heterocycles. The molecule has 1 aliphatic carbocycles. The molecule has 0 bridgehead atoms. The highest BCUT2D eigenvalue weighted by Crippen LogP contribution is 2.42. The SMILES string of the molecule is CC1=CC(C)C(c2ccccc2-c2ccc3ccccc3c2C=N)=C1C. The summed E-state index contributed by atoms with van der Waals surface area (Å²) >= 11 is 0. The van der Waals surface area contributed by atoms with Gasteiger partial charge in [0.1, 0.15) is 0 Å². The molecule has 0 saturated heterocycles. The van der Waals surface area contributed by atoms with Gasteiger partial charge in [-0.15, -0.1) is 0 Å². The highest BCUT2D eigenvalue weighted by atomic mass is 14.3. The topological polar surface area (TPSA) is 23.9 Å². The Labute approximate surface area is 155 Å². The van der Waals surface area contributed by atoms with Gasteiger partial charge < -0.3 is 5.41 Å². The second kappa shape index (κ2) is 6.42. The lowest BCUT2D eigenvalue weighted by Gasteiger charge is -2.18. The molecular formula is C25H23N. The molecular weight excluding hydrogens is 314 g/mol. The van der Waals surface area contributed by atoms with E-state index in [0.717, 1.165) is 16.5 Å². The van der Waals surface area contributed by atoms with Crippen LogP contribution >= 0.6 is 0 Å². The number of allylic oxidation sites excluding steroid dienone is 4. The van der Waals surface area contributed by atoms with Crippen molar-refractivity contribution in [3.63, 3.8) is 0 Å². The van der Waals surface area contributed by atoms with E-state index in [9.17, 15) is 0 Å². The van der Waals surface area contributed by atoms with Crippen LogP contribution in [0.25, 0.3) is 27.5 Å². The van der Waals surface area contributed by atoms with Crippen LogP contribution in [0.3, 0.4) is 0 Å². The largest absolute Gasteiger partial charge is 0.308 e. The summed E-state index contributed by atoms with van der Waals surface area (Å²) in [6, 6.07) is 21.3.